The van der Waals surface area contributed by atoms with E-state index in [-0.39, 0.29) is 4.90 Å². The molecule has 2 rings (SSSR count). The van der Waals surface area contributed by atoms with Crippen molar-refractivity contribution in [1.82, 2.24) is 9.71 Å². The molecule has 6 heteroatoms. The Balaban J connectivity index is 2.23. The first kappa shape index (κ1) is 13.6. The molecule has 2 aromatic rings. The monoisotopic (exact) mass is 280 g/mol. The molecule has 0 radical (unpaired) electrons. The van der Waals surface area contributed by atoms with Crippen molar-refractivity contribution < 1.29 is 12.8 Å². The molecule has 0 amide bonds. The third kappa shape index (κ3) is 3.36. The number of hydrogen-bond donors (Lipinski definition) is 1. The van der Waals surface area contributed by atoms with Gasteiger partial charge in [-0.15, -0.1) is 0 Å². The van der Waals surface area contributed by atoms with Gasteiger partial charge in [0.2, 0.25) is 10.0 Å². The number of pyridine rings is 1. The first-order chi connectivity index (χ1) is 8.99. The molecule has 1 atom stereocenters. The van der Waals surface area contributed by atoms with Crippen molar-refractivity contribution in [2.75, 3.05) is 0 Å². The summed E-state index contributed by atoms with van der Waals surface area (Å²) < 4.78 is 39.7. The topological polar surface area (TPSA) is 59.1 Å². The standard InChI is InChI=1S/C13H13FN2O2S/c1-10(11-4-3-7-15-9-11)16-19(17,18)13-6-2-5-12(14)8-13/h2-10,16H,1H3/t10-/m0/s1. The number of aromatic nitrogens is 1. The van der Waals surface area contributed by atoms with E-state index in [1.807, 2.05) is 0 Å². The van der Waals surface area contributed by atoms with Gasteiger partial charge in [-0.05, 0) is 36.8 Å². The minimum atomic E-state index is -3.75. The van der Waals surface area contributed by atoms with Crippen molar-refractivity contribution in [2.24, 2.45) is 0 Å². The zero-order valence-corrected chi connectivity index (χ0v) is 11.1. The second kappa shape index (κ2) is 5.46. The Labute approximate surface area is 111 Å². The molecule has 100 valence electrons. The lowest BCUT2D eigenvalue weighted by atomic mass is 10.2. The molecule has 0 spiro atoms. The molecule has 0 saturated heterocycles. The molecule has 4 nitrogen and oxygen atoms in total. The van der Waals surface area contributed by atoms with Gasteiger partial charge in [-0.3, -0.25) is 4.98 Å². The van der Waals surface area contributed by atoms with Gasteiger partial charge in [0, 0.05) is 18.4 Å². The molecule has 1 heterocycles. The SMILES string of the molecule is C[C@H](NS(=O)(=O)c1cccc(F)c1)c1cccnc1. The summed E-state index contributed by atoms with van der Waals surface area (Å²) in [6, 6.07) is 7.94. The van der Waals surface area contributed by atoms with Crippen LogP contribution in [-0.4, -0.2) is 13.4 Å². The summed E-state index contributed by atoms with van der Waals surface area (Å²) in [5, 5.41) is 0. The van der Waals surface area contributed by atoms with E-state index < -0.39 is 21.9 Å². The van der Waals surface area contributed by atoms with Crippen LogP contribution in [0.15, 0.2) is 53.7 Å². The Morgan fingerprint density at radius 1 is 1.26 bits per heavy atom. The Hall–Kier alpha value is -1.79. The largest absolute Gasteiger partial charge is 0.264 e. The van der Waals surface area contributed by atoms with Crippen molar-refractivity contribution in [3.63, 3.8) is 0 Å². The van der Waals surface area contributed by atoms with E-state index in [4.69, 9.17) is 0 Å². The van der Waals surface area contributed by atoms with E-state index in [2.05, 4.69) is 9.71 Å². The van der Waals surface area contributed by atoms with Gasteiger partial charge >= 0.3 is 0 Å². The van der Waals surface area contributed by atoms with Crippen LogP contribution in [0.2, 0.25) is 0 Å². The van der Waals surface area contributed by atoms with Crippen LogP contribution in [-0.2, 0) is 10.0 Å². The van der Waals surface area contributed by atoms with Gasteiger partial charge in [0.25, 0.3) is 0 Å². The van der Waals surface area contributed by atoms with Crippen LogP contribution in [0.3, 0.4) is 0 Å². The molecule has 0 unspecified atom stereocenters. The van der Waals surface area contributed by atoms with Gasteiger partial charge in [-0.25, -0.2) is 17.5 Å². The molecule has 0 bridgehead atoms. The lowest BCUT2D eigenvalue weighted by Gasteiger charge is -2.14. The van der Waals surface area contributed by atoms with E-state index in [0.717, 1.165) is 11.6 Å². The maximum atomic E-state index is 13.1. The summed E-state index contributed by atoms with van der Waals surface area (Å²) in [6.07, 6.45) is 3.19. The van der Waals surface area contributed by atoms with Gasteiger partial charge in [0.1, 0.15) is 5.82 Å². The summed E-state index contributed by atoms with van der Waals surface area (Å²) in [5.41, 5.74) is 0.738. The minimum Gasteiger partial charge on any atom is -0.264 e. The molecule has 19 heavy (non-hydrogen) atoms. The van der Waals surface area contributed by atoms with E-state index >= 15 is 0 Å². The normalized spacial score (nSPS) is 13.2. The summed E-state index contributed by atoms with van der Waals surface area (Å²) >= 11 is 0. The molecule has 0 saturated carbocycles. The van der Waals surface area contributed by atoms with Crippen LogP contribution in [0.5, 0.6) is 0 Å². The van der Waals surface area contributed by atoms with E-state index in [1.165, 1.54) is 18.2 Å². The first-order valence-electron chi connectivity index (χ1n) is 5.67. The van der Waals surface area contributed by atoms with Crippen LogP contribution < -0.4 is 4.72 Å². The van der Waals surface area contributed by atoms with Crippen molar-refractivity contribution >= 4 is 10.0 Å². The van der Waals surface area contributed by atoms with Crippen molar-refractivity contribution in [3.05, 3.63) is 60.2 Å². The second-order valence-corrected chi connectivity index (χ2v) is 5.80. The second-order valence-electron chi connectivity index (χ2n) is 4.09. The van der Waals surface area contributed by atoms with Crippen molar-refractivity contribution in [1.29, 1.82) is 0 Å². The van der Waals surface area contributed by atoms with Crippen LogP contribution in [0.1, 0.15) is 18.5 Å². The zero-order valence-electron chi connectivity index (χ0n) is 10.2. The van der Waals surface area contributed by atoms with Crippen LogP contribution in [0.4, 0.5) is 4.39 Å². The molecule has 0 fully saturated rings. The highest BCUT2D eigenvalue weighted by atomic mass is 32.2. The Morgan fingerprint density at radius 2 is 2.05 bits per heavy atom. The lowest BCUT2D eigenvalue weighted by Crippen LogP contribution is -2.27. The Bertz CT molecular complexity index is 659. The van der Waals surface area contributed by atoms with Gasteiger partial charge in [-0.1, -0.05) is 12.1 Å². The number of halogens is 1. The van der Waals surface area contributed by atoms with Crippen molar-refractivity contribution in [3.8, 4) is 0 Å². The summed E-state index contributed by atoms with van der Waals surface area (Å²) in [4.78, 5) is 3.83. The quantitative estimate of drug-likeness (QED) is 0.934. The highest BCUT2D eigenvalue weighted by Crippen LogP contribution is 2.16. The van der Waals surface area contributed by atoms with Gasteiger partial charge in [0.15, 0.2) is 0 Å². The molecule has 0 aliphatic rings. The van der Waals surface area contributed by atoms with Crippen molar-refractivity contribution in [2.45, 2.75) is 17.9 Å². The maximum Gasteiger partial charge on any atom is 0.241 e. The molecular formula is C13H13FN2O2S. The third-order valence-corrected chi connectivity index (χ3v) is 4.16. The fourth-order valence-corrected chi connectivity index (χ4v) is 2.90. The highest BCUT2D eigenvalue weighted by molar-refractivity contribution is 7.89. The molecule has 1 aromatic heterocycles. The van der Waals surface area contributed by atoms with Gasteiger partial charge in [0.05, 0.1) is 4.90 Å². The highest BCUT2D eigenvalue weighted by Gasteiger charge is 2.18. The summed E-state index contributed by atoms with van der Waals surface area (Å²) in [5.74, 6) is -0.586. The fraction of sp³-hybridized carbons (Fsp3) is 0.154. The number of nitrogens with one attached hydrogen (secondary N) is 1. The summed E-state index contributed by atoms with van der Waals surface area (Å²) in [7, 11) is -3.75. The molecular weight excluding hydrogens is 267 g/mol. The Kier molecular flexibility index (Phi) is 3.92. The number of sulfonamides is 1. The third-order valence-electron chi connectivity index (χ3n) is 2.62. The van der Waals surface area contributed by atoms with Gasteiger partial charge in [-0.2, -0.15) is 0 Å². The number of rotatable bonds is 4. The number of hydrogen-bond acceptors (Lipinski definition) is 3. The average molecular weight is 280 g/mol. The Morgan fingerprint density at radius 3 is 2.68 bits per heavy atom. The van der Waals surface area contributed by atoms with Crippen LogP contribution >= 0.6 is 0 Å². The average Bonchev–Trinajstić information content (AvgIpc) is 2.39. The maximum absolute atomic E-state index is 13.1. The smallest absolute Gasteiger partial charge is 0.241 e. The molecule has 0 aliphatic heterocycles. The molecule has 0 aliphatic carbocycles. The number of benzene rings is 1. The zero-order chi connectivity index (χ0) is 13.9. The van der Waals surface area contributed by atoms with Gasteiger partial charge < -0.3 is 0 Å². The lowest BCUT2D eigenvalue weighted by molar-refractivity contribution is 0.563. The van der Waals surface area contributed by atoms with E-state index in [1.54, 1.807) is 31.5 Å². The number of nitrogens with zero attached hydrogens (tertiary/aromatic N) is 1. The predicted octanol–water partition coefficient (Wildman–Crippen LogP) is 2.26. The predicted molar refractivity (Wildman–Crippen MR) is 69.4 cm³/mol. The molecule has 1 aromatic carbocycles. The molecule has 1 N–H and O–H groups in total. The fourth-order valence-electron chi connectivity index (χ4n) is 1.64. The van der Waals surface area contributed by atoms with Crippen LogP contribution in [0.25, 0.3) is 0 Å². The first-order valence-corrected chi connectivity index (χ1v) is 7.15. The summed E-state index contributed by atoms with van der Waals surface area (Å²) in [6.45, 7) is 1.70. The van der Waals surface area contributed by atoms with E-state index in [0.29, 0.717) is 0 Å². The van der Waals surface area contributed by atoms with E-state index in [9.17, 15) is 12.8 Å². The van der Waals surface area contributed by atoms with Crippen LogP contribution in [0, 0.1) is 5.82 Å². The minimum absolute atomic E-state index is 0.0942.